The molecule has 1 amide bonds. The first-order chi connectivity index (χ1) is 17.2. The molecule has 186 valence electrons. The number of hydrogen-bond acceptors (Lipinski definition) is 8. The number of methoxy groups -OCH3 is 2. The molecule has 0 aliphatic heterocycles. The zero-order chi connectivity index (χ0) is 26.4. The van der Waals surface area contributed by atoms with Gasteiger partial charge in [0.1, 0.15) is 0 Å². The first-order valence-corrected chi connectivity index (χ1v) is 10.7. The van der Waals surface area contributed by atoms with Gasteiger partial charge < -0.3 is 14.6 Å². The van der Waals surface area contributed by atoms with Crippen molar-refractivity contribution in [2.24, 2.45) is 0 Å². The molecule has 2 heterocycles. The summed E-state index contributed by atoms with van der Waals surface area (Å²) in [6.45, 7) is 3.62. The molecule has 3 rings (SSSR count). The molecule has 0 saturated heterocycles. The molecule has 11 heteroatoms. The Balaban J connectivity index is 2.28. The normalized spacial score (nSPS) is 10.5. The summed E-state index contributed by atoms with van der Waals surface area (Å²) in [5.41, 5.74) is 1.07. The van der Waals surface area contributed by atoms with Crippen LogP contribution in [0.2, 0.25) is 0 Å². The average molecular weight is 492 g/mol. The van der Waals surface area contributed by atoms with Crippen LogP contribution >= 0.6 is 0 Å². The van der Waals surface area contributed by atoms with Crippen molar-refractivity contribution in [2.45, 2.75) is 19.9 Å². The molecule has 0 aliphatic carbocycles. The van der Waals surface area contributed by atoms with E-state index in [1.807, 2.05) is 44.2 Å². The fourth-order valence-electron chi connectivity index (χ4n) is 3.32. The highest BCUT2D eigenvalue weighted by Crippen LogP contribution is 2.32. The van der Waals surface area contributed by atoms with E-state index in [4.69, 9.17) is 0 Å². The van der Waals surface area contributed by atoms with Crippen LogP contribution in [0.1, 0.15) is 19.9 Å². The molecule has 0 radical (unpaired) electrons. The number of rotatable bonds is 7. The molecule has 3 aromatic rings. The van der Waals surface area contributed by atoms with Gasteiger partial charge in [0.05, 0.1) is 43.5 Å². The van der Waals surface area contributed by atoms with Gasteiger partial charge in [0.25, 0.3) is 5.56 Å². The molecule has 0 atom stereocenters. The lowest BCUT2D eigenvalue weighted by atomic mass is 10.0. The highest BCUT2D eigenvalue weighted by Gasteiger charge is 2.25. The predicted octanol–water partition coefficient (Wildman–Crippen LogP) is 3.27. The third-order valence-electron chi connectivity index (χ3n) is 5.06. The molecular weight excluding hydrogens is 468 g/mol. The lowest BCUT2D eigenvalue weighted by molar-refractivity contribution is -0.144. The van der Waals surface area contributed by atoms with Crippen molar-refractivity contribution in [1.82, 2.24) is 14.8 Å². The number of esters is 2. The molecular formula is C25H24N4O7. The van der Waals surface area contributed by atoms with Crippen LogP contribution in [0.25, 0.3) is 22.5 Å². The second-order valence-corrected chi connectivity index (χ2v) is 7.73. The monoisotopic (exact) mass is 492 g/mol. The van der Waals surface area contributed by atoms with E-state index in [0.717, 1.165) is 26.0 Å². The van der Waals surface area contributed by atoms with Crippen molar-refractivity contribution in [3.63, 3.8) is 0 Å². The van der Waals surface area contributed by atoms with Crippen LogP contribution in [0.5, 0.6) is 0 Å². The minimum Gasteiger partial charge on any atom is -0.465 e. The zero-order valence-corrected chi connectivity index (χ0v) is 20.0. The maximum absolute atomic E-state index is 12.3. The summed E-state index contributed by atoms with van der Waals surface area (Å²) in [6.07, 6.45) is 0.577. The van der Waals surface area contributed by atoms with E-state index in [9.17, 15) is 24.3 Å². The van der Waals surface area contributed by atoms with Crippen LogP contribution in [0.4, 0.5) is 10.5 Å². The van der Waals surface area contributed by atoms with Gasteiger partial charge >= 0.3 is 18.0 Å². The van der Waals surface area contributed by atoms with Crippen molar-refractivity contribution in [3.05, 3.63) is 76.9 Å². The molecule has 0 unspecified atom stereocenters. The number of carbonyl (C=O) groups is 3. The number of carbonyl (C=O) groups excluding carboxylic acids is 2. The quantitative estimate of drug-likeness (QED) is 0.228. The lowest BCUT2D eigenvalue weighted by Crippen LogP contribution is -2.27. The summed E-state index contributed by atoms with van der Waals surface area (Å²) in [6, 6.07) is 13.3. The number of ether oxygens (including phenoxy) is 2. The Hall–Kier alpha value is -4.80. The van der Waals surface area contributed by atoms with Gasteiger partial charge in [-0.1, -0.05) is 30.3 Å². The number of hydrogen-bond donors (Lipinski definition) is 1. The first-order valence-electron chi connectivity index (χ1n) is 10.7. The summed E-state index contributed by atoms with van der Waals surface area (Å²) in [7, 11) is 2.10. The van der Waals surface area contributed by atoms with Gasteiger partial charge in [-0.2, -0.15) is 5.10 Å². The number of aromatic nitrogens is 3. The van der Waals surface area contributed by atoms with Gasteiger partial charge in [-0.15, -0.1) is 0 Å². The van der Waals surface area contributed by atoms with Gasteiger partial charge in [-0.25, -0.2) is 19.1 Å². The molecule has 0 saturated carbocycles. The fraction of sp³-hybridized carbons (Fsp3) is 0.200. The summed E-state index contributed by atoms with van der Waals surface area (Å²) in [4.78, 5) is 53.7. The second kappa shape index (κ2) is 11.1. The molecule has 0 aliphatic rings. The minimum atomic E-state index is -1.50. The first kappa shape index (κ1) is 25.8. The maximum atomic E-state index is 12.3. The highest BCUT2D eigenvalue weighted by atomic mass is 16.5. The topological polar surface area (TPSA) is 141 Å². The van der Waals surface area contributed by atoms with Gasteiger partial charge in [0.2, 0.25) is 0 Å². The molecule has 11 nitrogen and oxygen atoms in total. The van der Waals surface area contributed by atoms with Crippen LogP contribution in [-0.4, -0.2) is 52.1 Å². The van der Waals surface area contributed by atoms with Crippen LogP contribution in [0.3, 0.4) is 0 Å². The number of carboxylic acid groups (broad SMARTS) is 1. The summed E-state index contributed by atoms with van der Waals surface area (Å²) in [5.74, 6) is -2.15. The van der Waals surface area contributed by atoms with E-state index in [0.29, 0.717) is 21.9 Å². The molecule has 0 bridgehead atoms. The second-order valence-electron chi connectivity index (χ2n) is 7.73. The lowest BCUT2D eigenvalue weighted by Gasteiger charge is -2.19. The number of benzene rings is 1. The number of amides is 1. The van der Waals surface area contributed by atoms with E-state index < -0.39 is 23.6 Å². The Bertz CT molecular complexity index is 1360. The molecule has 0 fully saturated rings. The van der Waals surface area contributed by atoms with Crippen LogP contribution < -0.4 is 10.5 Å². The molecule has 1 N–H and O–H groups in total. The molecule has 1 aromatic carbocycles. The van der Waals surface area contributed by atoms with Crippen molar-refractivity contribution in [2.75, 3.05) is 19.1 Å². The molecule has 36 heavy (non-hydrogen) atoms. The van der Waals surface area contributed by atoms with E-state index in [2.05, 4.69) is 19.6 Å². The van der Waals surface area contributed by atoms with E-state index in [1.54, 1.807) is 0 Å². The molecule has 0 spiro atoms. The van der Waals surface area contributed by atoms with E-state index >= 15 is 0 Å². The van der Waals surface area contributed by atoms with Gasteiger partial charge in [0, 0.05) is 23.4 Å². The Morgan fingerprint density at radius 3 is 2.22 bits per heavy atom. The van der Waals surface area contributed by atoms with Crippen LogP contribution in [0.15, 0.2) is 71.3 Å². The third kappa shape index (κ3) is 5.46. The minimum absolute atomic E-state index is 0.00610. The fourth-order valence-corrected chi connectivity index (χ4v) is 3.32. The van der Waals surface area contributed by atoms with Crippen molar-refractivity contribution >= 4 is 23.7 Å². The van der Waals surface area contributed by atoms with Gasteiger partial charge in [0.15, 0.2) is 5.57 Å². The van der Waals surface area contributed by atoms with Crippen LogP contribution in [-0.2, 0) is 19.1 Å². The zero-order valence-electron chi connectivity index (χ0n) is 20.0. The number of pyridine rings is 1. The Morgan fingerprint density at radius 1 is 1.03 bits per heavy atom. The van der Waals surface area contributed by atoms with E-state index in [-0.39, 0.29) is 17.3 Å². The maximum Gasteiger partial charge on any atom is 0.416 e. The van der Waals surface area contributed by atoms with Crippen molar-refractivity contribution < 1.29 is 29.0 Å². The summed E-state index contributed by atoms with van der Waals surface area (Å²) >= 11 is 0. The Morgan fingerprint density at radius 2 is 1.67 bits per heavy atom. The average Bonchev–Trinajstić information content (AvgIpc) is 2.88. The van der Waals surface area contributed by atoms with Gasteiger partial charge in [-0.05, 0) is 26.0 Å². The third-order valence-corrected chi connectivity index (χ3v) is 5.06. The largest absolute Gasteiger partial charge is 0.465 e. The SMILES string of the molecule is COC(=O)C(=CN(C(=O)O)c1cnc(-c2ccccc2)c(-c2ccc(=O)n(C(C)C)n2)c1)C(=O)OC. The van der Waals surface area contributed by atoms with Crippen LogP contribution in [0, 0.1) is 0 Å². The number of anilines is 1. The highest BCUT2D eigenvalue weighted by molar-refractivity contribution is 6.15. The Kier molecular flexibility index (Phi) is 7.95. The number of nitrogens with zero attached hydrogens (tertiary/aromatic N) is 4. The van der Waals surface area contributed by atoms with Crippen molar-refractivity contribution in [1.29, 1.82) is 0 Å². The molecule has 2 aromatic heterocycles. The van der Waals surface area contributed by atoms with Crippen molar-refractivity contribution in [3.8, 4) is 22.5 Å². The van der Waals surface area contributed by atoms with E-state index in [1.165, 1.54) is 29.1 Å². The summed E-state index contributed by atoms with van der Waals surface area (Å²) < 4.78 is 10.5. The smallest absolute Gasteiger partial charge is 0.416 e. The standard InChI is InChI=1S/C25H24N4O7/c1-15(2)29-21(30)11-10-20(27-29)18-12-17(13-26-22(18)16-8-6-5-7-9-16)28(25(33)34)14-19(23(31)35-3)24(32)36-4/h5-15H,1-4H3,(H,33,34). The summed E-state index contributed by atoms with van der Waals surface area (Å²) in [5, 5.41) is 14.3. The predicted molar refractivity (Wildman–Crippen MR) is 130 cm³/mol. The Labute approximate surface area is 206 Å². The van der Waals surface area contributed by atoms with Gasteiger partial charge in [-0.3, -0.25) is 14.7 Å².